The molecule has 0 bridgehead atoms. The third-order valence-corrected chi connectivity index (χ3v) is 4.13. The number of halogens is 1. The second kappa shape index (κ2) is 5.74. The lowest BCUT2D eigenvalue weighted by molar-refractivity contribution is 0.414. The maximum atomic E-state index is 12.6. The fourth-order valence-corrected chi connectivity index (χ4v) is 2.89. The van der Waals surface area contributed by atoms with Gasteiger partial charge >= 0.3 is 0 Å². The standard InChI is InChI=1S/C17H14BrNO2/c1-21-14-7-5-12(6-8-14)11-19-10-9-13-3-2-4-15(18)16(13)17(19)20/h2-10H,11H2,1H3. The van der Waals surface area contributed by atoms with Crippen molar-refractivity contribution >= 4 is 26.7 Å². The summed E-state index contributed by atoms with van der Waals surface area (Å²) in [5, 5.41) is 1.66. The first-order valence-corrected chi connectivity index (χ1v) is 7.39. The summed E-state index contributed by atoms with van der Waals surface area (Å²) in [4.78, 5) is 12.6. The summed E-state index contributed by atoms with van der Waals surface area (Å²) in [5.41, 5.74) is 1.07. The van der Waals surface area contributed by atoms with Crippen LogP contribution in [0.2, 0.25) is 0 Å². The third-order valence-electron chi connectivity index (χ3n) is 3.47. The molecule has 0 unspecified atom stereocenters. The normalized spacial score (nSPS) is 10.8. The first kappa shape index (κ1) is 13.9. The van der Waals surface area contributed by atoms with E-state index in [1.165, 1.54) is 0 Å². The molecule has 1 heterocycles. The molecule has 2 aromatic carbocycles. The molecule has 0 N–H and O–H groups in total. The first-order valence-electron chi connectivity index (χ1n) is 6.59. The van der Waals surface area contributed by atoms with Crippen LogP contribution in [0.4, 0.5) is 0 Å². The summed E-state index contributed by atoms with van der Waals surface area (Å²) in [5.74, 6) is 0.812. The molecule has 4 heteroatoms. The number of aromatic nitrogens is 1. The molecule has 0 aliphatic heterocycles. The molecule has 1 aromatic heterocycles. The fourth-order valence-electron chi connectivity index (χ4n) is 2.34. The molecule has 106 valence electrons. The molecule has 21 heavy (non-hydrogen) atoms. The highest BCUT2D eigenvalue weighted by molar-refractivity contribution is 9.10. The van der Waals surface area contributed by atoms with E-state index in [4.69, 9.17) is 4.74 Å². The minimum absolute atomic E-state index is 0.00999. The second-order valence-corrected chi connectivity index (χ2v) is 5.66. The minimum atomic E-state index is 0.00999. The molecule has 3 rings (SSSR count). The Morgan fingerprint density at radius 2 is 1.86 bits per heavy atom. The Kier molecular flexibility index (Phi) is 3.80. The van der Waals surface area contributed by atoms with Crippen molar-refractivity contribution in [3.63, 3.8) is 0 Å². The smallest absolute Gasteiger partial charge is 0.259 e. The van der Waals surface area contributed by atoms with E-state index in [9.17, 15) is 4.79 Å². The molecular weight excluding hydrogens is 330 g/mol. The zero-order chi connectivity index (χ0) is 14.8. The quantitative estimate of drug-likeness (QED) is 0.723. The molecule has 0 radical (unpaired) electrons. The second-order valence-electron chi connectivity index (χ2n) is 4.80. The lowest BCUT2D eigenvalue weighted by Gasteiger charge is -2.09. The zero-order valence-corrected chi connectivity index (χ0v) is 13.1. The number of hydrogen-bond acceptors (Lipinski definition) is 2. The average Bonchev–Trinajstić information content (AvgIpc) is 2.51. The molecule has 0 amide bonds. The van der Waals surface area contributed by atoms with Crippen LogP contribution in [-0.2, 0) is 6.54 Å². The Bertz CT molecular complexity index is 838. The molecule has 0 spiro atoms. The SMILES string of the molecule is COc1ccc(Cn2ccc3cccc(Br)c3c2=O)cc1. The molecule has 0 aliphatic rings. The zero-order valence-electron chi connectivity index (χ0n) is 11.5. The van der Waals surface area contributed by atoms with Gasteiger partial charge < -0.3 is 9.30 Å². The van der Waals surface area contributed by atoms with Gasteiger partial charge in [0, 0.05) is 10.7 Å². The number of benzene rings is 2. The van der Waals surface area contributed by atoms with Gasteiger partial charge in [-0.05, 0) is 51.1 Å². The van der Waals surface area contributed by atoms with Gasteiger partial charge in [0.15, 0.2) is 0 Å². The van der Waals surface area contributed by atoms with E-state index in [-0.39, 0.29) is 5.56 Å². The van der Waals surface area contributed by atoms with E-state index < -0.39 is 0 Å². The van der Waals surface area contributed by atoms with Crippen LogP contribution in [0.15, 0.2) is 64.0 Å². The molecule has 0 saturated heterocycles. The van der Waals surface area contributed by atoms with Gasteiger partial charge in [0.2, 0.25) is 0 Å². The van der Waals surface area contributed by atoms with E-state index in [1.54, 1.807) is 11.7 Å². The topological polar surface area (TPSA) is 31.2 Å². The van der Waals surface area contributed by atoms with Gasteiger partial charge in [-0.3, -0.25) is 4.79 Å². The van der Waals surface area contributed by atoms with Crippen molar-refractivity contribution in [1.29, 1.82) is 0 Å². The number of ether oxygens (including phenoxy) is 1. The Hall–Kier alpha value is -2.07. The van der Waals surface area contributed by atoms with Gasteiger partial charge in [0.05, 0.1) is 19.0 Å². The molecule has 0 saturated carbocycles. The van der Waals surface area contributed by atoms with Gasteiger partial charge in [-0.1, -0.05) is 24.3 Å². The number of rotatable bonds is 3. The van der Waals surface area contributed by atoms with Crippen molar-refractivity contribution in [3.8, 4) is 5.75 Å². The van der Waals surface area contributed by atoms with Crippen molar-refractivity contribution in [2.24, 2.45) is 0 Å². The largest absolute Gasteiger partial charge is 0.497 e. The number of hydrogen-bond donors (Lipinski definition) is 0. The molecule has 0 aliphatic carbocycles. The number of pyridine rings is 1. The Morgan fingerprint density at radius 1 is 1.10 bits per heavy atom. The van der Waals surface area contributed by atoms with E-state index in [0.717, 1.165) is 21.2 Å². The lowest BCUT2D eigenvalue weighted by atomic mass is 10.1. The fraction of sp³-hybridized carbons (Fsp3) is 0.118. The maximum Gasteiger partial charge on any atom is 0.259 e. The number of nitrogens with zero attached hydrogens (tertiary/aromatic N) is 1. The van der Waals surface area contributed by atoms with Crippen molar-refractivity contribution < 1.29 is 4.74 Å². The minimum Gasteiger partial charge on any atom is -0.497 e. The number of fused-ring (bicyclic) bond motifs is 1. The van der Waals surface area contributed by atoms with E-state index >= 15 is 0 Å². The van der Waals surface area contributed by atoms with Crippen LogP contribution in [0, 0.1) is 0 Å². The molecular formula is C17H14BrNO2. The average molecular weight is 344 g/mol. The predicted molar refractivity (Wildman–Crippen MR) is 88.0 cm³/mol. The van der Waals surface area contributed by atoms with Crippen molar-refractivity contribution in [3.05, 3.63) is 75.1 Å². The van der Waals surface area contributed by atoms with Crippen LogP contribution in [0.3, 0.4) is 0 Å². The summed E-state index contributed by atoms with van der Waals surface area (Å²) < 4.78 is 7.69. The van der Waals surface area contributed by atoms with Crippen LogP contribution in [0.5, 0.6) is 5.75 Å². The van der Waals surface area contributed by atoms with Crippen LogP contribution in [-0.4, -0.2) is 11.7 Å². The Morgan fingerprint density at radius 3 is 2.57 bits per heavy atom. The van der Waals surface area contributed by atoms with Crippen LogP contribution < -0.4 is 10.3 Å². The van der Waals surface area contributed by atoms with Crippen molar-refractivity contribution in [2.45, 2.75) is 6.54 Å². The van der Waals surface area contributed by atoms with E-state index in [0.29, 0.717) is 11.9 Å². The summed E-state index contributed by atoms with van der Waals surface area (Å²) >= 11 is 3.46. The summed E-state index contributed by atoms with van der Waals surface area (Å²) in [6.45, 7) is 0.542. The van der Waals surface area contributed by atoms with Crippen molar-refractivity contribution in [1.82, 2.24) is 4.57 Å². The molecule has 0 atom stereocenters. The Labute approximate surface area is 130 Å². The monoisotopic (exact) mass is 343 g/mol. The van der Waals surface area contributed by atoms with Gasteiger partial charge in [-0.25, -0.2) is 0 Å². The summed E-state index contributed by atoms with van der Waals surface area (Å²) in [6.07, 6.45) is 1.83. The lowest BCUT2D eigenvalue weighted by Crippen LogP contribution is -2.20. The van der Waals surface area contributed by atoms with Crippen molar-refractivity contribution in [2.75, 3.05) is 7.11 Å². The van der Waals surface area contributed by atoms with Crippen LogP contribution >= 0.6 is 15.9 Å². The van der Waals surface area contributed by atoms with Gasteiger partial charge in [-0.2, -0.15) is 0 Å². The summed E-state index contributed by atoms with van der Waals surface area (Å²) in [7, 11) is 1.64. The number of methoxy groups -OCH3 is 1. The highest BCUT2D eigenvalue weighted by Gasteiger charge is 2.06. The highest BCUT2D eigenvalue weighted by atomic mass is 79.9. The summed E-state index contributed by atoms with van der Waals surface area (Å²) in [6, 6.07) is 15.5. The van der Waals surface area contributed by atoms with Gasteiger partial charge in [0.25, 0.3) is 5.56 Å². The molecule has 3 aromatic rings. The molecule has 0 fully saturated rings. The van der Waals surface area contributed by atoms with Crippen LogP contribution in [0.25, 0.3) is 10.8 Å². The first-order chi connectivity index (χ1) is 10.2. The third kappa shape index (κ3) is 2.72. The Balaban J connectivity index is 2.02. The van der Waals surface area contributed by atoms with Gasteiger partial charge in [-0.15, -0.1) is 0 Å². The van der Waals surface area contributed by atoms with E-state index in [1.807, 2.05) is 54.7 Å². The maximum absolute atomic E-state index is 12.6. The van der Waals surface area contributed by atoms with E-state index in [2.05, 4.69) is 15.9 Å². The van der Waals surface area contributed by atoms with Crippen LogP contribution in [0.1, 0.15) is 5.56 Å². The molecule has 3 nitrogen and oxygen atoms in total. The predicted octanol–water partition coefficient (Wildman–Crippen LogP) is 3.82. The van der Waals surface area contributed by atoms with Gasteiger partial charge in [0.1, 0.15) is 5.75 Å². The highest BCUT2D eigenvalue weighted by Crippen LogP contribution is 2.20.